The molecule has 0 aliphatic rings. The lowest BCUT2D eigenvalue weighted by atomic mass is 10.1. The Morgan fingerprint density at radius 1 is 0.759 bits per heavy atom. The van der Waals surface area contributed by atoms with Gasteiger partial charge in [0.05, 0.1) is 5.84 Å². The van der Waals surface area contributed by atoms with Gasteiger partial charge in [0.1, 0.15) is 0 Å². The predicted octanol–water partition coefficient (Wildman–Crippen LogP) is 4.24. The first kappa shape index (κ1) is 20.6. The molecular formula is C23H27N5S. The molecule has 3 rings (SSSR count). The van der Waals surface area contributed by atoms with Crippen LogP contribution in [-0.4, -0.2) is 24.9 Å². The van der Waals surface area contributed by atoms with E-state index in [1.807, 2.05) is 0 Å². The Balaban J connectivity index is 1.61. The molecule has 0 radical (unpaired) electrons. The van der Waals surface area contributed by atoms with Crippen molar-refractivity contribution in [3.63, 3.8) is 0 Å². The van der Waals surface area contributed by atoms with Crippen molar-refractivity contribution < 1.29 is 0 Å². The van der Waals surface area contributed by atoms with Crippen LogP contribution in [0.3, 0.4) is 0 Å². The van der Waals surface area contributed by atoms with Crippen LogP contribution < -0.4 is 16.4 Å². The van der Waals surface area contributed by atoms with E-state index in [0.29, 0.717) is 12.4 Å². The van der Waals surface area contributed by atoms with Gasteiger partial charge in [0.15, 0.2) is 5.96 Å². The summed E-state index contributed by atoms with van der Waals surface area (Å²) in [5, 5.41) is 20.5. The maximum absolute atomic E-state index is 7.41. The summed E-state index contributed by atoms with van der Waals surface area (Å²) in [6, 6.07) is 21.6. The van der Waals surface area contributed by atoms with Crippen molar-refractivity contribution in [2.75, 3.05) is 13.1 Å². The Morgan fingerprint density at radius 2 is 1.21 bits per heavy atom. The first-order chi connectivity index (χ1) is 14.0. The van der Waals surface area contributed by atoms with Crippen molar-refractivity contribution in [1.29, 1.82) is 10.8 Å². The van der Waals surface area contributed by atoms with Crippen LogP contribution in [0.1, 0.15) is 18.1 Å². The van der Waals surface area contributed by atoms with Gasteiger partial charge in [-0.1, -0.05) is 48.5 Å². The van der Waals surface area contributed by atoms with Crippen LogP contribution in [0.5, 0.6) is 0 Å². The van der Waals surface area contributed by atoms with E-state index in [-0.39, 0.29) is 5.96 Å². The minimum absolute atomic E-state index is 0.0129. The summed E-state index contributed by atoms with van der Waals surface area (Å²) in [5.74, 6) is 0.521. The zero-order chi connectivity index (χ0) is 20.6. The lowest BCUT2D eigenvalue weighted by Gasteiger charge is -2.05. The molecule has 6 heteroatoms. The summed E-state index contributed by atoms with van der Waals surface area (Å²) in [7, 11) is 0. The van der Waals surface area contributed by atoms with Crippen molar-refractivity contribution in [2.45, 2.75) is 19.8 Å². The maximum Gasteiger partial charge on any atom is 0.185 e. The second-order valence-corrected chi connectivity index (χ2v) is 8.03. The largest absolute Gasteiger partial charge is 0.374 e. The molecule has 0 saturated heterocycles. The monoisotopic (exact) mass is 405 g/mol. The average molecular weight is 406 g/mol. The molecule has 0 spiro atoms. The van der Waals surface area contributed by atoms with E-state index in [2.05, 4.69) is 71.3 Å². The van der Waals surface area contributed by atoms with E-state index >= 15 is 0 Å². The van der Waals surface area contributed by atoms with E-state index < -0.39 is 0 Å². The fraction of sp³-hybridized carbons (Fsp3) is 0.217. The van der Waals surface area contributed by atoms with Gasteiger partial charge in [-0.15, -0.1) is 11.3 Å². The molecule has 0 amide bonds. The quantitative estimate of drug-likeness (QED) is 0.286. The lowest BCUT2D eigenvalue weighted by molar-refractivity contribution is 0.854. The SMILES string of the molecule is CC(=N)NCCc1ccc(-c2ccc(-c3ccc(CCNC(=N)N)cc3)s2)cc1. The number of benzene rings is 2. The third kappa shape index (κ3) is 6.19. The van der Waals surface area contributed by atoms with Crippen LogP contribution >= 0.6 is 11.3 Å². The fourth-order valence-corrected chi connectivity index (χ4v) is 4.07. The van der Waals surface area contributed by atoms with Crippen LogP contribution in [0.4, 0.5) is 0 Å². The summed E-state index contributed by atoms with van der Waals surface area (Å²) in [4.78, 5) is 2.51. The zero-order valence-electron chi connectivity index (χ0n) is 16.6. The number of nitrogens with two attached hydrogens (primary N) is 1. The summed E-state index contributed by atoms with van der Waals surface area (Å²) in [6.07, 6.45) is 1.76. The third-order valence-corrected chi connectivity index (χ3v) is 5.80. The Hall–Kier alpha value is -3.12. The van der Waals surface area contributed by atoms with E-state index in [1.54, 1.807) is 18.3 Å². The number of nitrogens with one attached hydrogen (secondary N) is 4. The summed E-state index contributed by atoms with van der Waals surface area (Å²) >= 11 is 1.80. The van der Waals surface area contributed by atoms with E-state index in [1.165, 1.54) is 32.0 Å². The number of amidine groups is 1. The highest BCUT2D eigenvalue weighted by atomic mass is 32.1. The van der Waals surface area contributed by atoms with Crippen molar-refractivity contribution in [3.05, 3.63) is 71.8 Å². The molecule has 5 nitrogen and oxygen atoms in total. The van der Waals surface area contributed by atoms with Gasteiger partial charge in [-0.05, 0) is 54.2 Å². The van der Waals surface area contributed by atoms with Crippen molar-refractivity contribution in [3.8, 4) is 20.9 Å². The molecule has 0 aliphatic heterocycles. The van der Waals surface area contributed by atoms with Gasteiger partial charge in [-0.2, -0.15) is 0 Å². The smallest absolute Gasteiger partial charge is 0.185 e. The molecule has 6 N–H and O–H groups in total. The van der Waals surface area contributed by atoms with E-state index in [9.17, 15) is 0 Å². The third-order valence-electron chi connectivity index (χ3n) is 4.62. The van der Waals surface area contributed by atoms with Crippen molar-refractivity contribution >= 4 is 23.1 Å². The van der Waals surface area contributed by atoms with Crippen LogP contribution in [0, 0.1) is 10.8 Å². The van der Waals surface area contributed by atoms with Crippen LogP contribution in [-0.2, 0) is 12.8 Å². The van der Waals surface area contributed by atoms with E-state index in [4.69, 9.17) is 16.6 Å². The zero-order valence-corrected chi connectivity index (χ0v) is 17.4. The summed E-state index contributed by atoms with van der Waals surface area (Å²) < 4.78 is 0. The molecule has 0 bridgehead atoms. The molecule has 0 atom stereocenters. The average Bonchev–Trinajstić information content (AvgIpc) is 3.19. The minimum atomic E-state index is 0.0129. The Kier molecular flexibility index (Phi) is 7.03. The molecule has 0 unspecified atom stereocenters. The Bertz CT molecular complexity index is 880. The Morgan fingerprint density at radius 3 is 1.62 bits per heavy atom. The predicted molar refractivity (Wildman–Crippen MR) is 124 cm³/mol. The van der Waals surface area contributed by atoms with Crippen LogP contribution in [0.25, 0.3) is 20.9 Å². The molecule has 0 aliphatic carbocycles. The number of rotatable bonds is 8. The van der Waals surface area contributed by atoms with Gasteiger partial charge < -0.3 is 16.4 Å². The summed E-state index contributed by atoms with van der Waals surface area (Å²) in [5.41, 5.74) is 10.3. The maximum atomic E-state index is 7.41. The minimum Gasteiger partial charge on any atom is -0.374 e. The standard InChI is InChI=1S/C23H27N5S/c1-16(24)27-14-12-17-2-6-19(7-3-17)21-10-11-22(29-21)20-8-4-18(5-9-20)13-15-28-23(25)26/h2-11H,12-15H2,1H3,(H2,24,27)(H4,25,26,28). The van der Waals surface area contributed by atoms with Gasteiger partial charge in [0.2, 0.25) is 0 Å². The van der Waals surface area contributed by atoms with Gasteiger partial charge in [0.25, 0.3) is 0 Å². The molecule has 1 aromatic heterocycles. The van der Waals surface area contributed by atoms with Crippen LogP contribution in [0.2, 0.25) is 0 Å². The summed E-state index contributed by atoms with van der Waals surface area (Å²) in [6.45, 7) is 3.22. The normalized spacial score (nSPS) is 10.5. The highest BCUT2D eigenvalue weighted by Crippen LogP contribution is 2.34. The Labute approximate surface area is 176 Å². The molecule has 150 valence electrons. The fourth-order valence-electron chi connectivity index (χ4n) is 3.06. The second kappa shape index (κ2) is 9.89. The molecule has 29 heavy (non-hydrogen) atoms. The number of hydrogen-bond donors (Lipinski definition) is 5. The first-order valence-electron chi connectivity index (χ1n) is 9.66. The highest BCUT2D eigenvalue weighted by Gasteiger charge is 2.06. The molecule has 2 aromatic carbocycles. The topological polar surface area (TPSA) is 97.8 Å². The molecular weight excluding hydrogens is 378 g/mol. The molecule has 3 aromatic rings. The number of guanidine groups is 1. The first-order valence-corrected chi connectivity index (χ1v) is 10.5. The van der Waals surface area contributed by atoms with Crippen LogP contribution in [0.15, 0.2) is 60.7 Å². The highest BCUT2D eigenvalue weighted by molar-refractivity contribution is 7.18. The molecule has 1 heterocycles. The lowest BCUT2D eigenvalue weighted by Crippen LogP contribution is -2.31. The van der Waals surface area contributed by atoms with Crippen molar-refractivity contribution in [1.82, 2.24) is 10.6 Å². The van der Waals surface area contributed by atoms with E-state index in [0.717, 1.165) is 19.4 Å². The van der Waals surface area contributed by atoms with Gasteiger partial charge in [0, 0.05) is 22.8 Å². The number of hydrogen-bond acceptors (Lipinski definition) is 3. The van der Waals surface area contributed by atoms with Gasteiger partial charge in [-0.25, -0.2) is 0 Å². The molecule has 0 fully saturated rings. The number of thiophene rings is 1. The second-order valence-electron chi connectivity index (χ2n) is 6.95. The van der Waals surface area contributed by atoms with Gasteiger partial charge >= 0.3 is 0 Å². The van der Waals surface area contributed by atoms with Crippen molar-refractivity contribution in [2.24, 2.45) is 5.73 Å². The van der Waals surface area contributed by atoms with Gasteiger partial charge in [-0.3, -0.25) is 10.8 Å². The molecule has 0 saturated carbocycles.